The Kier molecular flexibility index (Phi) is 4.73. The average Bonchev–Trinajstić information content (AvgIpc) is 2.55. The first-order valence-electron chi connectivity index (χ1n) is 8.61. The fraction of sp³-hybridized carbons (Fsp3) is 0.333. The molecule has 4 nitrogen and oxygen atoms in total. The first kappa shape index (κ1) is 17.4. The minimum absolute atomic E-state index is 0.0303. The highest BCUT2D eigenvalue weighted by atomic mass is 16.1. The van der Waals surface area contributed by atoms with Gasteiger partial charge >= 0.3 is 0 Å². The van der Waals surface area contributed by atoms with Gasteiger partial charge in [0.25, 0.3) is 5.56 Å². The summed E-state index contributed by atoms with van der Waals surface area (Å²) in [6.07, 6.45) is 1.77. The Balaban J connectivity index is 1.96. The number of pyridine rings is 1. The fourth-order valence-electron chi connectivity index (χ4n) is 2.92. The van der Waals surface area contributed by atoms with Gasteiger partial charge in [-0.3, -0.25) is 14.1 Å². The zero-order valence-electron chi connectivity index (χ0n) is 15.4. The molecule has 0 aliphatic rings. The molecule has 0 aliphatic carbocycles. The lowest BCUT2D eigenvalue weighted by molar-refractivity contribution is 0.117. The zero-order valence-corrected chi connectivity index (χ0v) is 15.4. The molecule has 2 heterocycles. The summed E-state index contributed by atoms with van der Waals surface area (Å²) in [6, 6.07) is 15.9. The number of aromatic nitrogens is 2. The van der Waals surface area contributed by atoms with Crippen LogP contribution in [0.15, 0.2) is 59.5 Å². The topological polar surface area (TPSA) is 37.6 Å². The number of benzene rings is 1. The molecule has 0 amide bonds. The minimum atomic E-state index is -0.0333. The van der Waals surface area contributed by atoms with Crippen molar-refractivity contribution in [2.75, 3.05) is 0 Å². The first-order chi connectivity index (χ1) is 11.8. The molecule has 0 N–H and O–H groups in total. The molecule has 0 fully saturated rings. The van der Waals surface area contributed by atoms with Crippen molar-refractivity contribution < 1.29 is 0 Å². The van der Waals surface area contributed by atoms with Gasteiger partial charge < -0.3 is 0 Å². The van der Waals surface area contributed by atoms with E-state index in [4.69, 9.17) is 4.98 Å². The van der Waals surface area contributed by atoms with E-state index >= 15 is 0 Å². The maximum absolute atomic E-state index is 12.4. The number of fused-ring (bicyclic) bond motifs is 1. The molecule has 0 unspecified atom stereocenters. The molecular weight excluding hydrogens is 310 g/mol. The highest BCUT2D eigenvalue weighted by Crippen LogP contribution is 2.20. The molecule has 0 saturated heterocycles. The van der Waals surface area contributed by atoms with Gasteiger partial charge in [-0.1, -0.05) is 36.4 Å². The molecule has 0 bridgehead atoms. The van der Waals surface area contributed by atoms with Gasteiger partial charge in [-0.05, 0) is 44.9 Å². The highest BCUT2D eigenvalue weighted by Gasteiger charge is 2.22. The summed E-state index contributed by atoms with van der Waals surface area (Å²) in [7, 11) is 0. The normalized spacial score (nSPS) is 12.0. The van der Waals surface area contributed by atoms with E-state index in [-0.39, 0.29) is 11.1 Å². The fourth-order valence-corrected chi connectivity index (χ4v) is 2.92. The number of rotatable bonds is 4. The van der Waals surface area contributed by atoms with E-state index in [0.29, 0.717) is 6.54 Å². The second kappa shape index (κ2) is 6.81. The molecule has 0 atom stereocenters. The third-order valence-electron chi connectivity index (χ3n) is 4.46. The van der Waals surface area contributed by atoms with E-state index in [2.05, 4.69) is 49.9 Å². The molecule has 130 valence electrons. The molecule has 0 spiro atoms. The minimum Gasteiger partial charge on any atom is -0.288 e. The smallest absolute Gasteiger partial charge is 0.258 e. The maximum atomic E-state index is 12.4. The van der Waals surface area contributed by atoms with Crippen LogP contribution in [-0.2, 0) is 13.1 Å². The van der Waals surface area contributed by atoms with E-state index < -0.39 is 0 Å². The zero-order chi connectivity index (χ0) is 18.0. The summed E-state index contributed by atoms with van der Waals surface area (Å²) in [4.78, 5) is 19.5. The van der Waals surface area contributed by atoms with Gasteiger partial charge in [0, 0.05) is 30.9 Å². The highest BCUT2D eigenvalue weighted by molar-refractivity contribution is 5.46. The molecule has 3 rings (SSSR count). The standard InChI is InChI=1S/C21H25N3O/c1-16-9-8-12-24-19(25)13-18(22-20(16)24)15-23(21(2,3)4)14-17-10-6-5-7-11-17/h5-13H,14-15H2,1-4H3. The third-order valence-corrected chi connectivity index (χ3v) is 4.46. The quantitative estimate of drug-likeness (QED) is 0.728. The van der Waals surface area contributed by atoms with Crippen molar-refractivity contribution in [1.82, 2.24) is 14.3 Å². The number of hydrogen-bond acceptors (Lipinski definition) is 3. The van der Waals surface area contributed by atoms with Crippen LogP contribution in [0.3, 0.4) is 0 Å². The summed E-state index contributed by atoms with van der Waals surface area (Å²) in [5.74, 6) is 0. The Hall–Kier alpha value is -2.46. The summed E-state index contributed by atoms with van der Waals surface area (Å²) in [6.45, 7) is 10.0. The molecule has 1 aromatic carbocycles. The van der Waals surface area contributed by atoms with Gasteiger partial charge in [0.2, 0.25) is 0 Å². The molecule has 0 saturated carbocycles. The van der Waals surface area contributed by atoms with Crippen LogP contribution in [0.5, 0.6) is 0 Å². The number of hydrogen-bond donors (Lipinski definition) is 0. The largest absolute Gasteiger partial charge is 0.288 e. The molecule has 0 radical (unpaired) electrons. The second-order valence-corrected chi connectivity index (χ2v) is 7.48. The Labute approximate surface area is 148 Å². The van der Waals surface area contributed by atoms with Crippen LogP contribution in [0.4, 0.5) is 0 Å². The Morgan fingerprint density at radius 2 is 1.76 bits per heavy atom. The summed E-state index contributed by atoms with van der Waals surface area (Å²) in [5.41, 5.74) is 3.74. The lowest BCUT2D eigenvalue weighted by Gasteiger charge is -2.35. The van der Waals surface area contributed by atoms with Gasteiger partial charge in [-0.15, -0.1) is 0 Å². The maximum Gasteiger partial charge on any atom is 0.258 e. The third kappa shape index (κ3) is 3.97. The average molecular weight is 335 g/mol. The second-order valence-electron chi connectivity index (χ2n) is 7.48. The number of nitrogens with zero attached hydrogens (tertiary/aromatic N) is 3. The van der Waals surface area contributed by atoms with E-state index in [0.717, 1.165) is 23.4 Å². The van der Waals surface area contributed by atoms with E-state index in [9.17, 15) is 4.79 Å². The van der Waals surface area contributed by atoms with Gasteiger partial charge in [0.1, 0.15) is 5.65 Å². The van der Waals surface area contributed by atoms with Gasteiger partial charge in [0.15, 0.2) is 0 Å². The van der Waals surface area contributed by atoms with Gasteiger partial charge in [-0.25, -0.2) is 4.98 Å². The van der Waals surface area contributed by atoms with Crippen molar-refractivity contribution in [3.8, 4) is 0 Å². The van der Waals surface area contributed by atoms with Crippen molar-refractivity contribution >= 4 is 5.65 Å². The first-order valence-corrected chi connectivity index (χ1v) is 8.61. The van der Waals surface area contributed by atoms with E-state index in [1.807, 2.05) is 25.1 Å². The molecule has 25 heavy (non-hydrogen) atoms. The molecule has 0 aliphatic heterocycles. The van der Waals surface area contributed by atoms with Gasteiger partial charge in [-0.2, -0.15) is 0 Å². The van der Waals surface area contributed by atoms with Crippen LogP contribution >= 0.6 is 0 Å². The summed E-state index contributed by atoms with van der Waals surface area (Å²) in [5, 5.41) is 0. The Morgan fingerprint density at radius 1 is 1.04 bits per heavy atom. The predicted octanol–water partition coefficient (Wildman–Crippen LogP) is 3.80. The monoisotopic (exact) mass is 335 g/mol. The lowest BCUT2D eigenvalue weighted by Crippen LogP contribution is -2.40. The van der Waals surface area contributed by atoms with Crippen LogP contribution in [0.25, 0.3) is 5.65 Å². The van der Waals surface area contributed by atoms with E-state index in [1.54, 1.807) is 16.7 Å². The van der Waals surface area contributed by atoms with Gasteiger partial charge in [0.05, 0.1) is 5.69 Å². The number of aryl methyl sites for hydroxylation is 1. The Bertz CT molecular complexity index is 923. The van der Waals surface area contributed by atoms with Crippen LogP contribution in [0.1, 0.15) is 37.6 Å². The van der Waals surface area contributed by atoms with Crippen LogP contribution in [0.2, 0.25) is 0 Å². The summed E-state index contributed by atoms with van der Waals surface area (Å²) < 4.78 is 1.61. The van der Waals surface area contributed by atoms with E-state index in [1.165, 1.54) is 5.56 Å². The van der Waals surface area contributed by atoms with Crippen molar-refractivity contribution in [3.05, 3.63) is 81.9 Å². The van der Waals surface area contributed by atoms with Crippen molar-refractivity contribution in [2.45, 2.75) is 46.3 Å². The predicted molar refractivity (Wildman–Crippen MR) is 102 cm³/mol. The SMILES string of the molecule is Cc1cccn2c(=O)cc(CN(Cc3ccccc3)C(C)(C)C)nc12. The lowest BCUT2D eigenvalue weighted by atomic mass is 10.0. The molecule has 3 aromatic rings. The molecular formula is C21H25N3O. The Morgan fingerprint density at radius 3 is 2.44 bits per heavy atom. The van der Waals surface area contributed by atoms with Crippen LogP contribution in [-0.4, -0.2) is 19.8 Å². The molecule has 4 heteroatoms. The van der Waals surface area contributed by atoms with Crippen molar-refractivity contribution in [2.24, 2.45) is 0 Å². The van der Waals surface area contributed by atoms with Crippen molar-refractivity contribution in [1.29, 1.82) is 0 Å². The van der Waals surface area contributed by atoms with Crippen LogP contribution < -0.4 is 5.56 Å². The van der Waals surface area contributed by atoms with Crippen molar-refractivity contribution in [3.63, 3.8) is 0 Å². The van der Waals surface area contributed by atoms with Crippen LogP contribution in [0, 0.1) is 6.92 Å². The summed E-state index contributed by atoms with van der Waals surface area (Å²) >= 11 is 0. The molecule has 2 aromatic heterocycles.